The molecule has 3 N–H and O–H groups in total. The van der Waals surface area contributed by atoms with E-state index in [9.17, 15) is 14.7 Å². The Balaban J connectivity index is 0.000000775. The monoisotopic (exact) mass is 437 g/mol. The first kappa shape index (κ1) is 22.0. The number of likely N-dealkylation sites (tertiary alicyclic amines) is 1. The van der Waals surface area contributed by atoms with Gasteiger partial charge in [-0.25, -0.2) is 0 Å². The van der Waals surface area contributed by atoms with Crippen molar-refractivity contribution in [1.29, 1.82) is 0 Å². The molecule has 2 amide bonds. The highest BCUT2D eigenvalue weighted by atomic mass is 16.3. The minimum absolute atomic E-state index is 0.0399. The number of aromatic nitrogens is 1. The van der Waals surface area contributed by atoms with Gasteiger partial charge >= 0.3 is 0 Å². The van der Waals surface area contributed by atoms with Crippen molar-refractivity contribution < 1.29 is 24.6 Å². The molecule has 3 heterocycles. The number of nitrogens with zero attached hydrogens (tertiary/aromatic N) is 2. The van der Waals surface area contributed by atoms with Gasteiger partial charge in [-0.2, -0.15) is 0 Å². The fourth-order valence-electron chi connectivity index (χ4n) is 5.48. The molecule has 1 aromatic carbocycles. The number of aliphatic hydroxyl groups is 1. The van der Waals surface area contributed by atoms with Crippen LogP contribution in [0.2, 0.25) is 0 Å². The molecule has 3 aliphatic rings. The number of carbonyl (C=O) groups is 3. The van der Waals surface area contributed by atoms with E-state index in [1.54, 1.807) is 12.4 Å². The summed E-state index contributed by atoms with van der Waals surface area (Å²) < 4.78 is 0. The zero-order chi connectivity index (χ0) is 22.7. The van der Waals surface area contributed by atoms with Crippen LogP contribution in [0.15, 0.2) is 48.8 Å². The number of pyridine rings is 1. The molecule has 1 saturated carbocycles. The Morgan fingerprint density at radius 2 is 1.88 bits per heavy atom. The minimum atomic E-state index is -0.788. The molecule has 8 nitrogen and oxygen atoms in total. The Bertz CT molecular complexity index is 990. The average Bonchev–Trinajstić information content (AvgIpc) is 3.34. The lowest BCUT2D eigenvalue weighted by Gasteiger charge is -2.36. The summed E-state index contributed by atoms with van der Waals surface area (Å²) in [4.78, 5) is 41.4. The third-order valence-electron chi connectivity index (χ3n) is 6.92. The highest BCUT2D eigenvalue weighted by molar-refractivity contribution is 6.07. The van der Waals surface area contributed by atoms with Gasteiger partial charge < -0.3 is 20.4 Å². The summed E-state index contributed by atoms with van der Waals surface area (Å²) in [5.74, 6) is -0.0332. The van der Waals surface area contributed by atoms with E-state index in [-0.39, 0.29) is 36.4 Å². The summed E-state index contributed by atoms with van der Waals surface area (Å²) in [5.41, 5.74) is 1.90. The number of aliphatic hydroxyl groups excluding tert-OH is 1. The van der Waals surface area contributed by atoms with Gasteiger partial charge in [-0.05, 0) is 55.4 Å². The molecule has 2 aliphatic heterocycles. The molecule has 2 fully saturated rings. The van der Waals surface area contributed by atoms with Gasteiger partial charge in [-0.1, -0.05) is 24.3 Å². The summed E-state index contributed by atoms with van der Waals surface area (Å²) in [6.45, 7) is 0.291. The number of carbonyl (C=O) groups excluding carboxylic acids is 2. The molecular formula is C24H27N3O5. The number of rotatable bonds is 2. The van der Waals surface area contributed by atoms with E-state index in [0.29, 0.717) is 38.6 Å². The summed E-state index contributed by atoms with van der Waals surface area (Å²) in [6, 6.07) is 11.2. The standard InChI is InChI=1S/C23H25N3O3.CH2O2/c27-17-9-7-15(8-10-17)21(28)26-13-11-23(20(26)16-4-3-12-24-14-16)18-5-1-2-6-19(18)25-22(23)29;2-1-3/h1-6,12,14-15,17,20,27H,7-11,13H2,(H,25,29);1H,(H,2,3). The molecule has 1 aromatic heterocycles. The fourth-order valence-corrected chi connectivity index (χ4v) is 5.48. The van der Waals surface area contributed by atoms with Crippen LogP contribution in [0.4, 0.5) is 5.69 Å². The molecule has 32 heavy (non-hydrogen) atoms. The van der Waals surface area contributed by atoms with Crippen LogP contribution in [-0.4, -0.2) is 51.0 Å². The highest BCUT2D eigenvalue weighted by Gasteiger charge is 2.59. The van der Waals surface area contributed by atoms with E-state index < -0.39 is 5.41 Å². The largest absolute Gasteiger partial charge is 0.483 e. The number of benzene rings is 1. The maximum atomic E-state index is 13.5. The Kier molecular flexibility index (Phi) is 6.23. The zero-order valence-electron chi connectivity index (χ0n) is 17.7. The number of fused-ring (bicyclic) bond motifs is 2. The van der Waals surface area contributed by atoms with Crippen LogP contribution in [-0.2, 0) is 19.8 Å². The van der Waals surface area contributed by atoms with Crippen molar-refractivity contribution in [2.75, 3.05) is 11.9 Å². The third kappa shape index (κ3) is 3.64. The predicted molar refractivity (Wildman–Crippen MR) is 117 cm³/mol. The maximum Gasteiger partial charge on any atom is 0.290 e. The molecule has 2 aromatic rings. The van der Waals surface area contributed by atoms with E-state index in [1.165, 1.54) is 0 Å². The second-order valence-electron chi connectivity index (χ2n) is 8.55. The quantitative estimate of drug-likeness (QED) is 0.621. The van der Waals surface area contributed by atoms with E-state index >= 15 is 0 Å². The number of hydrogen-bond acceptors (Lipinski definition) is 5. The molecule has 8 heteroatoms. The highest BCUT2D eigenvalue weighted by Crippen LogP contribution is 2.55. The van der Waals surface area contributed by atoms with Gasteiger partial charge in [0.1, 0.15) is 5.41 Å². The number of amides is 2. The number of para-hydroxylation sites is 1. The maximum absolute atomic E-state index is 13.5. The Hall–Kier alpha value is -3.26. The van der Waals surface area contributed by atoms with Crippen molar-refractivity contribution in [1.82, 2.24) is 9.88 Å². The lowest BCUT2D eigenvalue weighted by Crippen LogP contribution is -2.44. The Morgan fingerprint density at radius 3 is 2.56 bits per heavy atom. The summed E-state index contributed by atoms with van der Waals surface area (Å²) in [7, 11) is 0. The number of hydrogen-bond donors (Lipinski definition) is 3. The SMILES string of the molecule is O=C(C1CCC(O)CC1)N1CCC2(C(=O)Nc3ccccc32)C1c1cccnc1.O=CO. The molecule has 0 bridgehead atoms. The van der Waals surface area contributed by atoms with E-state index in [2.05, 4.69) is 10.3 Å². The second-order valence-corrected chi connectivity index (χ2v) is 8.55. The van der Waals surface area contributed by atoms with Crippen LogP contribution in [0.3, 0.4) is 0 Å². The van der Waals surface area contributed by atoms with E-state index in [0.717, 1.165) is 16.8 Å². The van der Waals surface area contributed by atoms with Gasteiger partial charge in [0.25, 0.3) is 6.47 Å². The van der Waals surface area contributed by atoms with Gasteiger partial charge in [0.15, 0.2) is 0 Å². The van der Waals surface area contributed by atoms with Crippen molar-refractivity contribution in [2.24, 2.45) is 5.92 Å². The van der Waals surface area contributed by atoms with Crippen molar-refractivity contribution in [2.45, 2.75) is 49.7 Å². The Morgan fingerprint density at radius 1 is 1.16 bits per heavy atom. The van der Waals surface area contributed by atoms with Crippen LogP contribution < -0.4 is 5.32 Å². The lowest BCUT2D eigenvalue weighted by molar-refractivity contribution is -0.139. The average molecular weight is 437 g/mol. The smallest absolute Gasteiger partial charge is 0.290 e. The van der Waals surface area contributed by atoms with Crippen molar-refractivity contribution in [3.63, 3.8) is 0 Å². The van der Waals surface area contributed by atoms with Crippen LogP contribution in [0.5, 0.6) is 0 Å². The summed E-state index contributed by atoms with van der Waals surface area (Å²) >= 11 is 0. The molecule has 1 aliphatic carbocycles. The van der Waals surface area contributed by atoms with Crippen LogP contribution in [0.1, 0.15) is 49.3 Å². The fraction of sp³-hybridized carbons (Fsp3) is 0.417. The van der Waals surface area contributed by atoms with Gasteiger partial charge in [-0.15, -0.1) is 0 Å². The van der Waals surface area contributed by atoms with E-state index in [4.69, 9.17) is 9.90 Å². The summed E-state index contributed by atoms with van der Waals surface area (Å²) in [6.07, 6.45) is 6.51. The third-order valence-corrected chi connectivity index (χ3v) is 6.92. The number of nitrogens with one attached hydrogen (secondary N) is 1. The normalized spacial score (nSPS) is 28.5. The molecule has 0 radical (unpaired) electrons. The van der Waals surface area contributed by atoms with Crippen LogP contribution >= 0.6 is 0 Å². The molecule has 1 saturated heterocycles. The first-order chi connectivity index (χ1) is 15.5. The Labute approximate surface area is 186 Å². The zero-order valence-corrected chi connectivity index (χ0v) is 17.7. The topological polar surface area (TPSA) is 120 Å². The minimum Gasteiger partial charge on any atom is -0.483 e. The molecular weight excluding hydrogens is 410 g/mol. The molecule has 168 valence electrons. The first-order valence-electron chi connectivity index (χ1n) is 10.9. The van der Waals surface area contributed by atoms with E-state index in [1.807, 2.05) is 41.3 Å². The van der Waals surface area contributed by atoms with Crippen molar-refractivity contribution >= 4 is 24.0 Å². The van der Waals surface area contributed by atoms with Crippen LogP contribution in [0.25, 0.3) is 0 Å². The molecule has 2 atom stereocenters. The second kappa shape index (κ2) is 9.08. The van der Waals surface area contributed by atoms with Gasteiger partial charge in [0, 0.05) is 30.5 Å². The van der Waals surface area contributed by atoms with Crippen molar-refractivity contribution in [3.05, 3.63) is 59.9 Å². The number of anilines is 1. The van der Waals surface area contributed by atoms with Gasteiger partial charge in [-0.3, -0.25) is 19.4 Å². The molecule has 1 spiro atoms. The first-order valence-corrected chi connectivity index (χ1v) is 10.9. The molecule has 2 unspecified atom stereocenters. The number of carboxylic acid groups (broad SMARTS) is 1. The molecule has 5 rings (SSSR count). The summed E-state index contributed by atoms with van der Waals surface area (Å²) in [5, 5.41) is 19.8. The lowest BCUT2D eigenvalue weighted by atomic mass is 9.72. The van der Waals surface area contributed by atoms with Gasteiger partial charge in [0.2, 0.25) is 11.8 Å². The predicted octanol–water partition coefficient (Wildman–Crippen LogP) is 2.50. The van der Waals surface area contributed by atoms with Crippen LogP contribution in [0, 0.1) is 5.92 Å². The van der Waals surface area contributed by atoms with Gasteiger partial charge in [0.05, 0.1) is 12.1 Å². The van der Waals surface area contributed by atoms with Crippen molar-refractivity contribution in [3.8, 4) is 0 Å².